The second kappa shape index (κ2) is 7.31. The zero-order valence-corrected chi connectivity index (χ0v) is 16.1. The van der Waals surface area contributed by atoms with Gasteiger partial charge in [0, 0.05) is 6.42 Å². The lowest BCUT2D eigenvalue weighted by Gasteiger charge is -2.39. The second-order valence-electron chi connectivity index (χ2n) is 8.93. The molecule has 0 aliphatic heterocycles. The lowest BCUT2D eigenvalue weighted by Crippen LogP contribution is -2.42. The number of esters is 1. The quantitative estimate of drug-likeness (QED) is 0.690. The first-order chi connectivity index (χ1) is 9.65. The molecular formula is C18H37NO3. The van der Waals surface area contributed by atoms with E-state index in [0.29, 0.717) is 26.0 Å². The van der Waals surface area contributed by atoms with Crippen molar-refractivity contribution >= 4 is 5.97 Å². The van der Waals surface area contributed by atoms with Crippen molar-refractivity contribution in [3.05, 3.63) is 0 Å². The number of hydrogen-bond acceptors (Lipinski definition) is 4. The molecule has 0 fully saturated rings. The minimum Gasteiger partial charge on any atom is -0.459 e. The van der Waals surface area contributed by atoms with Crippen molar-refractivity contribution in [1.82, 2.24) is 0 Å². The molecule has 0 rings (SSSR count). The van der Waals surface area contributed by atoms with Gasteiger partial charge in [0.1, 0.15) is 5.60 Å². The van der Waals surface area contributed by atoms with Gasteiger partial charge in [0.15, 0.2) is 0 Å². The maximum Gasteiger partial charge on any atom is 0.312 e. The van der Waals surface area contributed by atoms with Crippen LogP contribution in [0.4, 0.5) is 0 Å². The van der Waals surface area contributed by atoms with Crippen LogP contribution in [0.15, 0.2) is 0 Å². The fraction of sp³-hybridized carbons (Fsp3) is 0.944. The average molecular weight is 315 g/mol. The molecule has 0 unspecified atom stereocenters. The fourth-order valence-corrected chi connectivity index (χ4v) is 1.67. The SMILES string of the molecule is CC(C)(CCOC(C)(C)C(C)(C)C)OC(=O)C(C)(C)CCN. The molecule has 0 heterocycles. The molecule has 0 bridgehead atoms. The lowest BCUT2D eigenvalue weighted by molar-refractivity contribution is -0.171. The van der Waals surface area contributed by atoms with Gasteiger partial charge in [-0.3, -0.25) is 4.79 Å². The summed E-state index contributed by atoms with van der Waals surface area (Å²) in [5.41, 5.74) is 4.29. The Morgan fingerprint density at radius 3 is 1.82 bits per heavy atom. The first-order valence-corrected chi connectivity index (χ1v) is 8.22. The summed E-state index contributed by atoms with van der Waals surface area (Å²) in [5.74, 6) is -0.196. The van der Waals surface area contributed by atoms with Crippen molar-refractivity contribution in [3.8, 4) is 0 Å². The minimum absolute atomic E-state index is 0.0525. The highest BCUT2D eigenvalue weighted by atomic mass is 16.6. The van der Waals surface area contributed by atoms with E-state index in [9.17, 15) is 4.79 Å². The third-order valence-electron chi connectivity index (χ3n) is 4.66. The number of carbonyl (C=O) groups excluding carboxylic acids is 1. The summed E-state index contributed by atoms with van der Waals surface area (Å²) in [7, 11) is 0. The molecule has 0 atom stereocenters. The Bertz CT molecular complexity index is 365. The lowest BCUT2D eigenvalue weighted by atomic mass is 9.79. The van der Waals surface area contributed by atoms with E-state index < -0.39 is 11.0 Å². The number of carbonyl (C=O) groups is 1. The van der Waals surface area contributed by atoms with Gasteiger partial charge in [0.05, 0.1) is 17.6 Å². The Labute approximate surface area is 137 Å². The molecule has 0 aromatic heterocycles. The van der Waals surface area contributed by atoms with Gasteiger partial charge in [-0.25, -0.2) is 0 Å². The van der Waals surface area contributed by atoms with E-state index in [1.54, 1.807) is 0 Å². The fourth-order valence-electron chi connectivity index (χ4n) is 1.67. The third-order valence-corrected chi connectivity index (χ3v) is 4.66. The van der Waals surface area contributed by atoms with Crippen molar-refractivity contribution in [1.29, 1.82) is 0 Å². The minimum atomic E-state index is -0.545. The molecule has 0 aliphatic rings. The first-order valence-electron chi connectivity index (χ1n) is 8.22. The van der Waals surface area contributed by atoms with Gasteiger partial charge in [-0.05, 0) is 59.9 Å². The molecule has 4 heteroatoms. The van der Waals surface area contributed by atoms with E-state index in [4.69, 9.17) is 15.2 Å². The van der Waals surface area contributed by atoms with Crippen LogP contribution in [0.2, 0.25) is 0 Å². The summed E-state index contributed by atoms with van der Waals surface area (Å²) in [6, 6.07) is 0. The van der Waals surface area contributed by atoms with Crippen LogP contribution in [-0.4, -0.2) is 30.3 Å². The van der Waals surface area contributed by atoms with Gasteiger partial charge in [-0.1, -0.05) is 20.8 Å². The molecule has 0 spiro atoms. The smallest absolute Gasteiger partial charge is 0.312 e. The van der Waals surface area contributed by atoms with E-state index in [2.05, 4.69) is 34.6 Å². The van der Waals surface area contributed by atoms with E-state index in [-0.39, 0.29) is 17.0 Å². The van der Waals surface area contributed by atoms with Crippen LogP contribution in [0.1, 0.15) is 75.2 Å². The van der Waals surface area contributed by atoms with Gasteiger partial charge < -0.3 is 15.2 Å². The highest BCUT2D eigenvalue weighted by Crippen LogP contribution is 2.33. The maximum atomic E-state index is 12.3. The van der Waals surface area contributed by atoms with Crippen LogP contribution in [-0.2, 0) is 14.3 Å². The largest absolute Gasteiger partial charge is 0.459 e. The van der Waals surface area contributed by atoms with Crippen LogP contribution < -0.4 is 5.73 Å². The summed E-state index contributed by atoms with van der Waals surface area (Å²) < 4.78 is 11.7. The molecule has 0 aromatic rings. The van der Waals surface area contributed by atoms with E-state index >= 15 is 0 Å². The molecule has 0 radical (unpaired) electrons. The Kier molecular flexibility index (Phi) is 7.10. The second-order valence-corrected chi connectivity index (χ2v) is 8.93. The monoisotopic (exact) mass is 315 g/mol. The zero-order valence-electron chi connectivity index (χ0n) is 16.1. The van der Waals surface area contributed by atoms with Gasteiger partial charge in [-0.2, -0.15) is 0 Å². The number of ether oxygens (including phenoxy) is 2. The molecule has 4 nitrogen and oxygen atoms in total. The topological polar surface area (TPSA) is 61.5 Å². The predicted molar refractivity (Wildman–Crippen MR) is 91.7 cm³/mol. The highest BCUT2D eigenvalue weighted by Gasteiger charge is 2.36. The number of hydrogen-bond donors (Lipinski definition) is 1. The van der Waals surface area contributed by atoms with Crippen molar-refractivity contribution in [2.45, 2.75) is 86.4 Å². The normalized spacial score (nSPS) is 14.1. The van der Waals surface area contributed by atoms with Gasteiger partial charge in [0.25, 0.3) is 0 Å². The average Bonchev–Trinajstić information content (AvgIpc) is 2.25. The molecule has 132 valence electrons. The van der Waals surface area contributed by atoms with Crippen molar-refractivity contribution in [3.63, 3.8) is 0 Å². The van der Waals surface area contributed by atoms with Crippen LogP contribution in [0.3, 0.4) is 0 Å². The van der Waals surface area contributed by atoms with Crippen LogP contribution in [0, 0.1) is 10.8 Å². The summed E-state index contributed by atoms with van der Waals surface area (Å²) in [5, 5.41) is 0. The maximum absolute atomic E-state index is 12.3. The molecular weight excluding hydrogens is 278 g/mol. The van der Waals surface area contributed by atoms with Crippen molar-refractivity contribution in [2.75, 3.05) is 13.2 Å². The first kappa shape index (κ1) is 21.4. The van der Waals surface area contributed by atoms with Crippen molar-refractivity contribution in [2.24, 2.45) is 16.6 Å². The molecule has 0 amide bonds. The van der Waals surface area contributed by atoms with Crippen molar-refractivity contribution < 1.29 is 14.3 Å². The Morgan fingerprint density at radius 2 is 1.41 bits per heavy atom. The zero-order chi connectivity index (χ0) is 17.8. The molecule has 0 saturated carbocycles. The number of nitrogens with two attached hydrogens (primary N) is 1. The highest BCUT2D eigenvalue weighted by molar-refractivity contribution is 5.76. The third kappa shape index (κ3) is 6.66. The predicted octanol–water partition coefficient (Wildman–Crippen LogP) is 3.91. The Balaban J connectivity index is 4.52. The summed E-state index contributed by atoms with van der Waals surface area (Å²) in [4.78, 5) is 12.3. The van der Waals surface area contributed by atoms with E-state index in [0.717, 1.165) is 0 Å². The summed E-state index contributed by atoms with van der Waals surface area (Å²) in [6.07, 6.45) is 1.28. The van der Waals surface area contributed by atoms with E-state index in [1.807, 2.05) is 27.7 Å². The molecule has 22 heavy (non-hydrogen) atoms. The van der Waals surface area contributed by atoms with Gasteiger partial charge in [0.2, 0.25) is 0 Å². The Morgan fingerprint density at radius 1 is 0.909 bits per heavy atom. The standard InChI is InChI=1S/C18H37NO3/c1-15(2,3)18(8,9)21-13-11-17(6,7)22-14(20)16(4,5)10-12-19/h10-13,19H2,1-9H3. The summed E-state index contributed by atoms with van der Waals surface area (Å²) in [6.45, 7) is 19.3. The molecule has 0 aromatic carbocycles. The van der Waals surface area contributed by atoms with Gasteiger partial charge >= 0.3 is 5.97 Å². The molecule has 0 aliphatic carbocycles. The van der Waals surface area contributed by atoms with Crippen LogP contribution in [0.25, 0.3) is 0 Å². The Hall–Kier alpha value is -0.610. The molecule has 2 N–H and O–H groups in total. The number of rotatable bonds is 8. The van der Waals surface area contributed by atoms with Gasteiger partial charge in [-0.15, -0.1) is 0 Å². The molecule has 0 saturated heterocycles. The van der Waals surface area contributed by atoms with Crippen LogP contribution >= 0.6 is 0 Å². The van der Waals surface area contributed by atoms with Crippen LogP contribution in [0.5, 0.6) is 0 Å². The van der Waals surface area contributed by atoms with E-state index in [1.165, 1.54) is 0 Å². The summed E-state index contributed by atoms with van der Waals surface area (Å²) >= 11 is 0.